The monoisotopic (exact) mass is 288 g/mol. The third-order valence-electron chi connectivity index (χ3n) is 3.35. The quantitative estimate of drug-likeness (QED) is 0.796. The highest BCUT2D eigenvalue weighted by molar-refractivity contribution is 5.96. The van der Waals surface area contributed by atoms with Gasteiger partial charge in [0.05, 0.1) is 11.3 Å². The second-order valence-electron chi connectivity index (χ2n) is 4.95. The van der Waals surface area contributed by atoms with Gasteiger partial charge in [-0.1, -0.05) is 6.92 Å². The van der Waals surface area contributed by atoms with Crippen LogP contribution in [0.25, 0.3) is 0 Å². The Labute approximate surface area is 123 Å². The number of aromatic nitrogens is 2. The summed E-state index contributed by atoms with van der Waals surface area (Å²) in [6, 6.07) is 7.06. The number of carbonyl (C=O) groups excluding carboxylic acids is 1. The van der Waals surface area contributed by atoms with Gasteiger partial charge in [0.2, 0.25) is 0 Å². The Morgan fingerprint density at radius 2 is 2.19 bits per heavy atom. The highest BCUT2D eigenvalue weighted by Crippen LogP contribution is 2.22. The van der Waals surface area contributed by atoms with E-state index in [4.69, 9.17) is 16.2 Å². The standard InChI is InChI=1S/C15H20N4O2/c1-3-10(2)19-7-6-12(18-19)9-21-14-5-4-11(16)8-13(14)15(17)20/h4-8,10H,3,9,16H2,1-2H3,(H2,17,20). The number of anilines is 1. The fraction of sp³-hybridized carbons (Fsp3) is 0.333. The largest absolute Gasteiger partial charge is 0.486 e. The molecule has 0 saturated carbocycles. The Morgan fingerprint density at radius 1 is 1.43 bits per heavy atom. The first-order valence-corrected chi connectivity index (χ1v) is 6.87. The van der Waals surface area contributed by atoms with Crippen molar-refractivity contribution in [2.45, 2.75) is 32.9 Å². The number of benzene rings is 1. The van der Waals surface area contributed by atoms with Gasteiger partial charge in [0.15, 0.2) is 0 Å². The molecule has 4 N–H and O–H groups in total. The SMILES string of the molecule is CCC(C)n1ccc(COc2ccc(N)cc2C(N)=O)n1. The van der Waals surface area contributed by atoms with E-state index in [-0.39, 0.29) is 12.2 Å². The van der Waals surface area contributed by atoms with Gasteiger partial charge >= 0.3 is 0 Å². The predicted octanol–water partition coefficient (Wildman–Crippen LogP) is 2.11. The Morgan fingerprint density at radius 3 is 2.86 bits per heavy atom. The third-order valence-corrected chi connectivity index (χ3v) is 3.35. The summed E-state index contributed by atoms with van der Waals surface area (Å²) in [7, 11) is 0. The van der Waals surface area contributed by atoms with Crippen molar-refractivity contribution in [1.29, 1.82) is 0 Å². The van der Waals surface area contributed by atoms with Crippen LogP contribution in [0.1, 0.15) is 42.4 Å². The van der Waals surface area contributed by atoms with Crippen molar-refractivity contribution in [2.24, 2.45) is 5.73 Å². The molecule has 0 aliphatic heterocycles. The van der Waals surface area contributed by atoms with Crippen molar-refractivity contribution in [1.82, 2.24) is 9.78 Å². The number of rotatable bonds is 6. The summed E-state index contributed by atoms with van der Waals surface area (Å²) in [6.45, 7) is 4.48. The van der Waals surface area contributed by atoms with E-state index in [1.807, 2.05) is 16.9 Å². The lowest BCUT2D eigenvalue weighted by Crippen LogP contribution is -2.13. The molecular weight excluding hydrogens is 268 g/mol. The van der Waals surface area contributed by atoms with Crippen LogP contribution in [0.4, 0.5) is 5.69 Å². The molecule has 1 heterocycles. The summed E-state index contributed by atoms with van der Waals surface area (Å²) < 4.78 is 7.53. The van der Waals surface area contributed by atoms with Crippen LogP contribution in [-0.4, -0.2) is 15.7 Å². The van der Waals surface area contributed by atoms with Crippen LogP contribution in [0, 0.1) is 0 Å². The number of primary amides is 1. The molecule has 0 bridgehead atoms. The number of nitrogen functional groups attached to an aromatic ring is 1. The molecule has 6 nitrogen and oxygen atoms in total. The van der Waals surface area contributed by atoms with E-state index < -0.39 is 5.91 Å². The van der Waals surface area contributed by atoms with E-state index in [1.165, 1.54) is 6.07 Å². The topological polar surface area (TPSA) is 96.2 Å². The van der Waals surface area contributed by atoms with Crippen molar-refractivity contribution in [3.8, 4) is 5.75 Å². The van der Waals surface area contributed by atoms with E-state index >= 15 is 0 Å². The lowest BCUT2D eigenvalue weighted by Gasteiger charge is -2.10. The predicted molar refractivity (Wildman–Crippen MR) is 80.9 cm³/mol. The molecule has 0 aliphatic rings. The number of carbonyl (C=O) groups is 1. The van der Waals surface area contributed by atoms with Crippen LogP contribution in [0.5, 0.6) is 5.75 Å². The zero-order valence-corrected chi connectivity index (χ0v) is 12.2. The first-order chi connectivity index (χ1) is 10.0. The number of ether oxygens (including phenoxy) is 1. The molecule has 0 aliphatic carbocycles. The van der Waals surface area contributed by atoms with Crippen molar-refractivity contribution in [2.75, 3.05) is 5.73 Å². The van der Waals surface area contributed by atoms with Crippen molar-refractivity contribution < 1.29 is 9.53 Å². The molecule has 0 spiro atoms. The smallest absolute Gasteiger partial charge is 0.252 e. The van der Waals surface area contributed by atoms with Crippen molar-refractivity contribution in [3.63, 3.8) is 0 Å². The van der Waals surface area contributed by atoms with Gasteiger partial charge < -0.3 is 16.2 Å². The molecule has 0 radical (unpaired) electrons. The molecule has 112 valence electrons. The number of nitrogens with two attached hydrogens (primary N) is 2. The summed E-state index contributed by atoms with van der Waals surface area (Å²) in [4.78, 5) is 11.4. The Balaban J connectivity index is 2.09. The minimum absolute atomic E-state index is 0.271. The molecule has 1 aromatic heterocycles. The van der Waals surface area contributed by atoms with Crippen LogP contribution in [0.15, 0.2) is 30.5 Å². The molecule has 1 atom stereocenters. The molecule has 21 heavy (non-hydrogen) atoms. The maximum absolute atomic E-state index is 11.4. The molecule has 0 saturated heterocycles. The van der Waals surface area contributed by atoms with Crippen LogP contribution in [-0.2, 0) is 6.61 Å². The number of amides is 1. The Bertz CT molecular complexity index is 636. The normalized spacial score (nSPS) is 12.1. The Kier molecular flexibility index (Phi) is 4.47. The number of hydrogen-bond donors (Lipinski definition) is 2. The number of hydrogen-bond acceptors (Lipinski definition) is 4. The lowest BCUT2D eigenvalue weighted by molar-refractivity contribution is 0.0996. The maximum atomic E-state index is 11.4. The molecule has 1 amide bonds. The molecule has 0 fully saturated rings. The van der Waals surface area contributed by atoms with Crippen molar-refractivity contribution in [3.05, 3.63) is 41.7 Å². The molecule has 6 heteroatoms. The summed E-state index contributed by atoms with van der Waals surface area (Å²) in [5.74, 6) is -0.155. The summed E-state index contributed by atoms with van der Waals surface area (Å²) in [5, 5.41) is 4.44. The van der Waals surface area contributed by atoms with Gasteiger partial charge in [-0.3, -0.25) is 9.48 Å². The first kappa shape index (κ1) is 14.9. The minimum atomic E-state index is -0.567. The van der Waals surface area contributed by atoms with Crippen LogP contribution in [0.2, 0.25) is 0 Å². The van der Waals surface area contributed by atoms with Crippen LogP contribution >= 0.6 is 0 Å². The second-order valence-corrected chi connectivity index (χ2v) is 4.95. The first-order valence-electron chi connectivity index (χ1n) is 6.87. The average Bonchev–Trinajstić information content (AvgIpc) is 2.93. The lowest BCUT2D eigenvalue weighted by atomic mass is 10.1. The van der Waals surface area contributed by atoms with Gasteiger partial charge in [0.1, 0.15) is 12.4 Å². The molecule has 1 aromatic carbocycles. The molecule has 1 unspecified atom stereocenters. The zero-order valence-electron chi connectivity index (χ0n) is 12.2. The van der Waals surface area contributed by atoms with Gasteiger partial charge in [-0.2, -0.15) is 5.10 Å². The van der Waals surface area contributed by atoms with Gasteiger partial charge in [0.25, 0.3) is 5.91 Å². The van der Waals surface area contributed by atoms with Gasteiger partial charge in [0, 0.05) is 17.9 Å². The van der Waals surface area contributed by atoms with Gasteiger partial charge in [-0.15, -0.1) is 0 Å². The van der Waals surface area contributed by atoms with Gasteiger partial charge in [-0.05, 0) is 37.6 Å². The molecule has 2 aromatic rings. The third kappa shape index (κ3) is 3.53. The Hall–Kier alpha value is -2.50. The maximum Gasteiger partial charge on any atom is 0.252 e. The van der Waals surface area contributed by atoms with E-state index in [0.29, 0.717) is 17.5 Å². The fourth-order valence-corrected chi connectivity index (χ4v) is 1.90. The van der Waals surface area contributed by atoms with Crippen molar-refractivity contribution >= 4 is 11.6 Å². The highest BCUT2D eigenvalue weighted by atomic mass is 16.5. The summed E-state index contributed by atoms with van der Waals surface area (Å²) in [6.07, 6.45) is 2.93. The molecule has 2 rings (SSSR count). The zero-order chi connectivity index (χ0) is 15.4. The second kappa shape index (κ2) is 6.30. The summed E-state index contributed by atoms with van der Waals surface area (Å²) >= 11 is 0. The molecular formula is C15H20N4O2. The van der Waals surface area contributed by atoms with E-state index in [9.17, 15) is 4.79 Å². The summed E-state index contributed by atoms with van der Waals surface area (Å²) in [5.41, 5.74) is 12.5. The van der Waals surface area contributed by atoms with E-state index in [2.05, 4.69) is 18.9 Å². The van der Waals surface area contributed by atoms with Gasteiger partial charge in [-0.25, -0.2) is 0 Å². The minimum Gasteiger partial charge on any atom is -0.486 e. The average molecular weight is 288 g/mol. The number of nitrogens with zero attached hydrogens (tertiary/aromatic N) is 2. The fourth-order valence-electron chi connectivity index (χ4n) is 1.90. The highest BCUT2D eigenvalue weighted by Gasteiger charge is 2.11. The van der Waals surface area contributed by atoms with Crippen LogP contribution < -0.4 is 16.2 Å². The van der Waals surface area contributed by atoms with E-state index in [0.717, 1.165) is 12.1 Å². The van der Waals surface area contributed by atoms with Crippen LogP contribution in [0.3, 0.4) is 0 Å². The van der Waals surface area contributed by atoms with E-state index in [1.54, 1.807) is 12.1 Å².